The van der Waals surface area contributed by atoms with Gasteiger partial charge in [0.1, 0.15) is 5.60 Å². The maximum absolute atomic E-state index is 10.6. The second kappa shape index (κ2) is 5.19. The molecule has 1 aromatic carbocycles. The molecular formula is C15H23NO. The van der Waals surface area contributed by atoms with Crippen molar-refractivity contribution >= 4 is 0 Å². The van der Waals surface area contributed by atoms with E-state index in [0.717, 1.165) is 31.4 Å². The van der Waals surface area contributed by atoms with Crippen molar-refractivity contribution in [3.05, 3.63) is 35.4 Å². The molecule has 2 heteroatoms. The highest BCUT2D eigenvalue weighted by atomic mass is 16.3. The number of nitrogens with one attached hydrogen (secondary N) is 1. The number of β-amino-alcohol motifs (C(OH)–C–C–N with tert-alkyl or cyclic N) is 1. The summed E-state index contributed by atoms with van der Waals surface area (Å²) in [5.74, 6) is 0.657. The molecule has 94 valence electrons. The Hall–Kier alpha value is -0.860. The van der Waals surface area contributed by atoms with Crippen LogP contribution in [-0.2, 0) is 12.0 Å². The van der Waals surface area contributed by atoms with E-state index in [1.807, 2.05) is 0 Å². The molecule has 2 rings (SSSR count). The summed E-state index contributed by atoms with van der Waals surface area (Å²) in [5.41, 5.74) is 1.74. The lowest BCUT2D eigenvalue weighted by Crippen LogP contribution is -2.43. The predicted molar refractivity (Wildman–Crippen MR) is 71.0 cm³/mol. The van der Waals surface area contributed by atoms with Gasteiger partial charge in [0.15, 0.2) is 0 Å². The largest absolute Gasteiger partial charge is 0.384 e. The Bertz CT molecular complexity index is 367. The van der Waals surface area contributed by atoms with Gasteiger partial charge in [-0.15, -0.1) is 0 Å². The molecule has 17 heavy (non-hydrogen) atoms. The van der Waals surface area contributed by atoms with Crippen LogP contribution in [0.2, 0.25) is 0 Å². The van der Waals surface area contributed by atoms with Crippen LogP contribution in [0.3, 0.4) is 0 Å². The van der Waals surface area contributed by atoms with E-state index in [4.69, 9.17) is 0 Å². The summed E-state index contributed by atoms with van der Waals surface area (Å²) in [5, 5.41) is 13.9. The van der Waals surface area contributed by atoms with Crippen LogP contribution in [0, 0.1) is 5.92 Å². The molecule has 1 saturated heterocycles. The molecular weight excluding hydrogens is 210 g/mol. The minimum atomic E-state index is -0.661. The molecule has 0 radical (unpaired) electrons. The van der Waals surface area contributed by atoms with Gasteiger partial charge in [0.05, 0.1) is 0 Å². The summed E-state index contributed by atoms with van der Waals surface area (Å²) < 4.78 is 0. The first-order chi connectivity index (χ1) is 8.10. The molecule has 1 aromatic rings. The van der Waals surface area contributed by atoms with Gasteiger partial charge in [-0.3, -0.25) is 0 Å². The van der Waals surface area contributed by atoms with Crippen molar-refractivity contribution in [1.82, 2.24) is 5.32 Å². The first-order valence-electron chi connectivity index (χ1n) is 6.63. The lowest BCUT2D eigenvalue weighted by Gasteiger charge is -2.33. The molecule has 2 nitrogen and oxygen atoms in total. The fourth-order valence-corrected chi connectivity index (χ4v) is 2.59. The van der Waals surface area contributed by atoms with Gasteiger partial charge in [-0.05, 0) is 42.9 Å². The first kappa shape index (κ1) is 12.6. The highest BCUT2D eigenvalue weighted by Gasteiger charge is 2.31. The second-order valence-corrected chi connectivity index (χ2v) is 5.61. The smallest absolute Gasteiger partial charge is 0.102 e. The molecule has 0 amide bonds. The van der Waals surface area contributed by atoms with Crippen molar-refractivity contribution in [2.24, 2.45) is 5.92 Å². The maximum atomic E-state index is 10.6. The maximum Gasteiger partial charge on any atom is 0.102 e. The summed E-state index contributed by atoms with van der Waals surface area (Å²) in [6, 6.07) is 8.45. The Kier molecular flexibility index (Phi) is 3.85. The van der Waals surface area contributed by atoms with Crippen LogP contribution in [0.5, 0.6) is 0 Å². The third-order valence-corrected chi connectivity index (χ3v) is 3.47. The third kappa shape index (κ3) is 3.08. The standard InChI is InChI=1S/C15H23NO/c1-12(2)9-13-5-3-6-14(10-13)15(17)7-4-8-16-11-15/h3,5-6,10,12,16-17H,4,7-9,11H2,1-2H3. The zero-order chi connectivity index (χ0) is 12.3. The molecule has 1 unspecified atom stereocenters. The number of hydrogen-bond donors (Lipinski definition) is 2. The fraction of sp³-hybridized carbons (Fsp3) is 0.600. The monoisotopic (exact) mass is 233 g/mol. The van der Waals surface area contributed by atoms with Gasteiger partial charge in [-0.2, -0.15) is 0 Å². The number of hydrogen-bond acceptors (Lipinski definition) is 2. The van der Waals surface area contributed by atoms with E-state index < -0.39 is 5.60 Å². The van der Waals surface area contributed by atoms with E-state index in [9.17, 15) is 5.11 Å². The highest BCUT2D eigenvalue weighted by Crippen LogP contribution is 2.29. The minimum absolute atomic E-state index is 0.657. The van der Waals surface area contributed by atoms with Crippen LogP contribution < -0.4 is 5.32 Å². The van der Waals surface area contributed by atoms with Crippen LogP contribution >= 0.6 is 0 Å². The fourth-order valence-electron chi connectivity index (χ4n) is 2.59. The summed E-state index contributed by atoms with van der Waals surface area (Å²) in [6.45, 7) is 6.15. The average Bonchev–Trinajstić information content (AvgIpc) is 2.29. The van der Waals surface area contributed by atoms with Gasteiger partial charge < -0.3 is 10.4 Å². The molecule has 0 aliphatic carbocycles. The summed E-state index contributed by atoms with van der Waals surface area (Å²) in [4.78, 5) is 0. The molecule has 2 N–H and O–H groups in total. The summed E-state index contributed by atoms with van der Waals surface area (Å²) >= 11 is 0. The van der Waals surface area contributed by atoms with E-state index in [2.05, 4.69) is 43.4 Å². The van der Waals surface area contributed by atoms with E-state index in [1.54, 1.807) is 0 Å². The minimum Gasteiger partial charge on any atom is -0.384 e. The Morgan fingerprint density at radius 1 is 1.41 bits per heavy atom. The van der Waals surface area contributed by atoms with E-state index in [1.165, 1.54) is 5.56 Å². The molecule has 1 heterocycles. The van der Waals surface area contributed by atoms with Gasteiger partial charge in [-0.25, -0.2) is 0 Å². The molecule has 1 aliphatic rings. The molecule has 1 fully saturated rings. The van der Waals surface area contributed by atoms with Crippen molar-refractivity contribution in [2.45, 2.75) is 38.7 Å². The van der Waals surface area contributed by atoms with Gasteiger partial charge in [-0.1, -0.05) is 38.1 Å². The van der Waals surface area contributed by atoms with E-state index >= 15 is 0 Å². The molecule has 0 spiro atoms. The van der Waals surface area contributed by atoms with Crippen LogP contribution in [0.15, 0.2) is 24.3 Å². The number of piperidine rings is 1. The quantitative estimate of drug-likeness (QED) is 0.840. The lowest BCUT2D eigenvalue weighted by atomic mass is 9.85. The number of aliphatic hydroxyl groups is 1. The summed E-state index contributed by atoms with van der Waals surface area (Å²) in [7, 11) is 0. The summed E-state index contributed by atoms with van der Waals surface area (Å²) in [6.07, 6.45) is 2.99. The zero-order valence-electron chi connectivity index (χ0n) is 10.9. The van der Waals surface area contributed by atoms with Crippen LogP contribution in [0.25, 0.3) is 0 Å². The van der Waals surface area contributed by atoms with Gasteiger partial charge in [0, 0.05) is 6.54 Å². The van der Waals surface area contributed by atoms with Crippen molar-refractivity contribution < 1.29 is 5.11 Å². The lowest BCUT2D eigenvalue weighted by molar-refractivity contribution is 0.0122. The molecule has 0 bridgehead atoms. The molecule has 0 saturated carbocycles. The Labute approximate surface area is 104 Å². The van der Waals surface area contributed by atoms with Crippen molar-refractivity contribution in [2.75, 3.05) is 13.1 Å². The predicted octanol–water partition coefficient (Wildman–Crippen LogP) is 2.46. The van der Waals surface area contributed by atoms with E-state index in [-0.39, 0.29) is 0 Å². The average molecular weight is 233 g/mol. The van der Waals surface area contributed by atoms with Gasteiger partial charge in [0.25, 0.3) is 0 Å². The SMILES string of the molecule is CC(C)Cc1cccc(C2(O)CCCNC2)c1. The van der Waals surface area contributed by atoms with Crippen molar-refractivity contribution in [3.8, 4) is 0 Å². The molecule has 0 aromatic heterocycles. The van der Waals surface area contributed by atoms with Crippen LogP contribution in [0.4, 0.5) is 0 Å². The molecule has 1 aliphatic heterocycles. The highest BCUT2D eigenvalue weighted by molar-refractivity contribution is 5.29. The first-order valence-corrected chi connectivity index (χ1v) is 6.63. The molecule has 1 atom stereocenters. The number of benzene rings is 1. The van der Waals surface area contributed by atoms with Crippen molar-refractivity contribution in [3.63, 3.8) is 0 Å². The van der Waals surface area contributed by atoms with Crippen LogP contribution in [0.1, 0.15) is 37.8 Å². The normalized spacial score (nSPS) is 25.2. The van der Waals surface area contributed by atoms with Gasteiger partial charge >= 0.3 is 0 Å². The topological polar surface area (TPSA) is 32.3 Å². The second-order valence-electron chi connectivity index (χ2n) is 5.61. The number of rotatable bonds is 3. The Morgan fingerprint density at radius 2 is 2.24 bits per heavy atom. The van der Waals surface area contributed by atoms with Crippen LogP contribution in [-0.4, -0.2) is 18.2 Å². The third-order valence-electron chi connectivity index (χ3n) is 3.47. The van der Waals surface area contributed by atoms with Crippen molar-refractivity contribution in [1.29, 1.82) is 0 Å². The Morgan fingerprint density at radius 3 is 2.88 bits per heavy atom. The van der Waals surface area contributed by atoms with E-state index in [0.29, 0.717) is 12.5 Å². The zero-order valence-corrected chi connectivity index (χ0v) is 10.9. The van der Waals surface area contributed by atoms with Gasteiger partial charge in [0.2, 0.25) is 0 Å². The Balaban J connectivity index is 2.19.